The summed E-state index contributed by atoms with van der Waals surface area (Å²) < 4.78 is 0. The molecule has 1 nitrogen and oxygen atoms in total. The molecule has 2 aliphatic rings. The number of thioether (sulfide) groups is 1. The highest BCUT2D eigenvalue weighted by molar-refractivity contribution is 7.99. The van der Waals surface area contributed by atoms with Crippen LogP contribution in [0.4, 0.5) is 0 Å². The molecule has 0 aliphatic heterocycles. The van der Waals surface area contributed by atoms with Gasteiger partial charge in [0.25, 0.3) is 0 Å². The Labute approximate surface area is 86.0 Å². The Balaban J connectivity index is 1.74. The van der Waals surface area contributed by atoms with Crippen molar-refractivity contribution in [2.24, 2.45) is 5.92 Å². The summed E-state index contributed by atoms with van der Waals surface area (Å²) in [6.07, 6.45) is 9.37. The fourth-order valence-corrected chi connectivity index (χ4v) is 3.69. The minimum Gasteiger partial charge on any atom is -0.310 e. The van der Waals surface area contributed by atoms with Gasteiger partial charge in [0, 0.05) is 17.3 Å². The van der Waals surface area contributed by atoms with Crippen molar-refractivity contribution in [1.29, 1.82) is 0 Å². The van der Waals surface area contributed by atoms with E-state index < -0.39 is 0 Å². The molecule has 0 radical (unpaired) electrons. The van der Waals surface area contributed by atoms with Gasteiger partial charge in [-0.25, -0.2) is 0 Å². The van der Waals surface area contributed by atoms with Gasteiger partial charge in [-0.05, 0) is 37.9 Å². The Morgan fingerprint density at radius 1 is 1.23 bits per heavy atom. The number of nitrogens with one attached hydrogen (secondary N) is 1. The third-order valence-electron chi connectivity index (χ3n) is 3.58. The lowest BCUT2D eigenvalue weighted by molar-refractivity contribution is 0.223. The van der Waals surface area contributed by atoms with Crippen LogP contribution in [0.25, 0.3) is 0 Å². The molecule has 76 valence electrons. The van der Waals surface area contributed by atoms with Gasteiger partial charge in [0.1, 0.15) is 0 Å². The topological polar surface area (TPSA) is 12.0 Å². The van der Waals surface area contributed by atoms with E-state index in [1.807, 2.05) is 0 Å². The minimum atomic E-state index is 0.826. The van der Waals surface area contributed by atoms with Crippen molar-refractivity contribution in [3.8, 4) is 0 Å². The first-order valence-corrected chi connectivity index (χ1v) is 6.87. The molecule has 0 spiro atoms. The molecule has 0 saturated heterocycles. The molecule has 0 heterocycles. The fourth-order valence-electron chi connectivity index (χ4n) is 2.74. The lowest BCUT2D eigenvalue weighted by atomic mass is 9.81. The number of rotatable bonds is 3. The maximum absolute atomic E-state index is 3.83. The van der Waals surface area contributed by atoms with Crippen LogP contribution < -0.4 is 5.32 Å². The van der Waals surface area contributed by atoms with E-state index in [0.717, 1.165) is 23.3 Å². The summed E-state index contributed by atoms with van der Waals surface area (Å²) in [5.41, 5.74) is 0. The van der Waals surface area contributed by atoms with Crippen LogP contribution in [0.5, 0.6) is 0 Å². The van der Waals surface area contributed by atoms with Gasteiger partial charge >= 0.3 is 0 Å². The van der Waals surface area contributed by atoms with Gasteiger partial charge in [-0.2, -0.15) is 11.8 Å². The average Bonchev–Trinajstić information content (AvgIpc) is 2.49. The maximum Gasteiger partial charge on any atom is 0.0198 e. The molecule has 0 aromatic carbocycles. The van der Waals surface area contributed by atoms with E-state index in [0.29, 0.717) is 0 Å². The summed E-state index contributed by atoms with van der Waals surface area (Å²) in [6, 6.07) is 1.68. The molecule has 0 bridgehead atoms. The predicted molar refractivity (Wildman–Crippen MR) is 60.3 cm³/mol. The monoisotopic (exact) mass is 199 g/mol. The predicted octanol–water partition coefficient (Wildman–Crippen LogP) is 2.66. The van der Waals surface area contributed by atoms with Crippen molar-refractivity contribution in [3.63, 3.8) is 0 Å². The van der Waals surface area contributed by atoms with Gasteiger partial charge in [0.2, 0.25) is 0 Å². The lowest BCUT2D eigenvalue weighted by Gasteiger charge is -2.37. The molecule has 1 N–H and O–H groups in total. The summed E-state index contributed by atoms with van der Waals surface area (Å²) >= 11 is 2.06. The quantitative estimate of drug-likeness (QED) is 0.750. The van der Waals surface area contributed by atoms with Gasteiger partial charge in [-0.3, -0.25) is 0 Å². The Morgan fingerprint density at radius 3 is 2.62 bits per heavy atom. The van der Waals surface area contributed by atoms with E-state index in [1.165, 1.54) is 32.1 Å². The summed E-state index contributed by atoms with van der Waals surface area (Å²) in [5, 5.41) is 4.72. The summed E-state index contributed by atoms with van der Waals surface area (Å²) in [7, 11) is 0. The van der Waals surface area contributed by atoms with E-state index in [4.69, 9.17) is 0 Å². The van der Waals surface area contributed by atoms with Crippen molar-refractivity contribution in [2.75, 3.05) is 6.26 Å². The molecule has 0 aromatic rings. The van der Waals surface area contributed by atoms with Gasteiger partial charge in [-0.15, -0.1) is 0 Å². The standard InChI is InChI=1S/C11H21NS/c1-8-6-9(7-8)12-10-4-3-5-11(10)13-2/h8-12H,3-7H2,1-2H3. The highest BCUT2D eigenvalue weighted by Gasteiger charge is 2.32. The second-order valence-corrected chi connectivity index (χ2v) is 5.83. The third-order valence-corrected chi connectivity index (χ3v) is 4.75. The smallest absolute Gasteiger partial charge is 0.0198 e. The second-order valence-electron chi connectivity index (χ2n) is 4.75. The van der Waals surface area contributed by atoms with Gasteiger partial charge < -0.3 is 5.32 Å². The number of hydrogen-bond donors (Lipinski definition) is 1. The molecule has 13 heavy (non-hydrogen) atoms. The molecular weight excluding hydrogens is 178 g/mol. The first kappa shape index (κ1) is 9.85. The van der Waals surface area contributed by atoms with Crippen LogP contribution in [0.3, 0.4) is 0 Å². The van der Waals surface area contributed by atoms with Crippen LogP contribution in [0.1, 0.15) is 39.0 Å². The van der Waals surface area contributed by atoms with E-state index in [1.54, 1.807) is 0 Å². The molecule has 2 unspecified atom stereocenters. The van der Waals surface area contributed by atoms with Crippen molar-refractivity contribution >= 4 is 11.8 Å². The zero-order valence-corrected chi connectivity index (χ0v) is 9.57. The highest BCUT2D eigenvalue weighted by Crippen LogP contribution is 2.32. The summed E-state index contributed by atoms with van der Waals surface area (Å²) in [4.78, 5) is 0. The maximum atomic E-state index is 3.83. The van der Waals surface area contributed by atoms with Crippen LogP contribution in [-0.2, 0) is 0 Å². The van der Waals surface area contributed by atoms with Gasteiger partial charge in [0.05, 0.1) is 0 Å². The molecule has 0 aromatic heterocycles. The molecule has 2 saturated carbocycles. The first-order valence-electron chi connectivity index (χ1n) is 5.58. The Hall–Kier alpha value is 0.310. The Morgan fingerprint density at radius 2 is 2.00 bits per heavy atom. The zero-order valence-electron chi connectivity index (χ0n) is 8.75. The van der Waals surface area contributed by atoms with Crippen LogP contribution >= 0.6 is 11.8 Å². The second kappa shape index (κ2) is 4.22. The Kier molecular flexibility index (Phi) is 3.20. The fraction of sp³-hybridized carbons (Fsp3) is 1.00. The summed E-state index contributed by atoms with van der Waals surface area (Å²) in [5.74, 6) is 0.978. The molecule has 2 aliphatic carbocycles. The third kappa shape index (κ3) is 2.21. The van der Waals surface area contributed by atoms with Crippen molar-refractivity contribution in [2.45, 2.75) is 56.4 Å². The summed E-state index contributed by atoms with van der Waals surface area (Å²) in [6.45, 7) is 2.36. The molecule has 2 atom stereocenters. The average molecular weight is 199 g/mol. The van der Waals surface area contributed by atoms with Crippen LogP contribution in [0.15, 0.2) is 0 Å². The van der Waals surface area contributed by atoms with Crippen molar-refractivity contribution < 1.29 is 0 Å². The van der Waals surface area contributed by atoms with Gasteiger partial charge in [0.15, 0.2) is 0 Å². The van der Waals surface area contributed by atoms with Crippen LogP contribution in [0, 0.1) is 5.92 Å². The molecule has 2 rings (SSSR count). The lowest BCUT2D eigenvalue weighted by Crippen LogP contribution is -2.47. The van der Waals surface area contributed by atoms with Crippen LogP contribution in [0.2, 0.25) is 0 Å². The molecule has 2 heteroatoms. The van der Waals surface area contributed by atoms with Crippen molar-refractivity contribution in [1.82, 2.24) is 5.32 Å². The minimum absolute atomic E-state index is 0.826. The molecular formula is C11H21NS. The van der Waals surface area contributed by atoms with Gasteiger partial charge in [-0.1, -0.05) is 13.3 Å². The van der Waals surface area contributed by atoms with Crippen LogP contribution in [-0.4, -0.2) is 23.6 Å². The zero-order chi connectivity index (χ0) is 9.26. The Bertz CT molecular complexity index is 165. The highest BCUT2D eigenvalue weighted by atomic mass is 32.2. The SMILES string of the molecule is CSC1CCCC1NC1CC(C)C1. The van der Waals surface area contributed by atoms with E-state index in [9.17, 15) is 0 Å². The molecule has 2 fully saturated rings. The largest absolute Gasteiger partial charge is 0.310 e. The molecule has 0 amide bonds. The van der Waals surface area contributed by atoms with E-state index in [-0.39, 0.29) is 0 Å². The first-order chi connectivity index (χ1) is 6.29. The van der Waals surface area contributed by atoms with E-state index >= 15 is 0 Å². The normalized spacial score (nSPS) is 44.8. The van der Waals surface area contributed by atoms with Crippen molar-refractivity contribution in [3.05, 3.63) is 0 Å². The van der Waals surface area contributed by atoms with E-state index in [2.05, 4.69) is 30.3 Å². The number of hydrogen-bond acceptors (Lipinski definition) is 2.